The van der Waals surface area contributed by atoms with Gasteiger partial charge in [0.25, 0.3) is 0 Å². The first-order chi connectivity index (χ1) is 12.4. The number of hydrogen-bond donors (Lipinski definition) is 2. The van der Waals surface area contributed by atoms with E-state index in [1.54, 1.807) is 24.1 Å². The predicted octanol–water partition coefficient (Wildman–Crippen LogP) is 3.03. The molecule has 1 atom stereocenters. The fourth-order valence-electron chi connectivity index (χ4n) is 2.36. The standard InChI is InChI=1S/C19H22FN3O2S/c1-13(14-7-9-15(20)10-8-14)23(2)19(25)11-22-16-5-3-4-6-17(16)26-12-18(21)24/h3-10,13,22H,11-12H2,1-2H3,(H2,21,24). The first kappa shape index (κ1) is 19.8. The molecule has 7 heteroatoms. The number of nitrogens with one attached hydrogen (secondary N) is 1. The van der Waals surface area contributed by atoms with E-state index in [1.807, 2.05) is 31.2 Å². The minimum absolute atomic E-state index is 0.100. The lowest BCUT2D eigenvalue weighted by Gasteiger charge is -2.26. The number of benzene rings is 2. The van der Waals surface area contributed by atoms with Gasteiger partial charge in [0.15, 0.2) is 0 Å². The van der Waals surface area contributed by atoms with E-state index < -0.39 is 5.91 Å². The maximum atomic E-state index is 13.0. The highest BCUT2D eigenvalue weighted by atomic mass is 32.2. The molecule has 2 aromatic carbocycles. The van der Waals surface area contributed by atoms with Crippen LogP contribution in [-0.2, 0) is 9.59 Å². The number of nitrogens with two attached hydrogens (primary N) is 1. The molecule has 0 aliphatic rings. The number of anilines is 1. The molecule has 0 aliphatic heterocycles. The van der Waals surface area contributed by atoms with Crippen LogP contribution in [0, 0.1) is 5.82 Å². The highest BCUT2D eigenvalue weighted by molar-refractivity contribution is 8.00. The van der Waals surface area contributed by atoms with Gasteiger partial charge >= 0.3 is 0 Å². The maximum Gasteiger partial charge on any atom is 0.242 e. The fourth-order valence-corrected chi connectivity index (χ4v) is 3.13. The van der Waals surface area contributed by atoms with Gasteiger partial charge in [-0.3, -0.25) is 9.59 Å². The van der Waals surface area contributed by atoms with Gasteiger partial charge in [0.1, 0.15) is 5.82 Å². The molecule has 0 fully saturated rings. The molecule has 0 saturated carbocycles. The molecule has 2 amide bonds. The summed E-state index contributed by atoms with van der Waals surface area (Å²) in [6.45, 7) is 2.00. The smallest absolute Gasteiger partial charge is 0.242 e. The number of nitrogens with zero attached hydrogens (tertiary/aromatic N) is 1. The lowest BCUT2D eigenvalue weighted by Crippen LogP contribution is -2.34. The molecule has 26 heavy (non-hydrogen) atoms. The summed E-state index contributed by atoms with van der Waals surface area (Å²) in [5, 5.41) is 3.11. The van der Waals surface area contributed by atoms with Crippen LogP contribution in [0.25, 0.3) is 0 Å². The van der Waals surface area contributed by atoms with Crippen molar-refractivity contribution in [3.05, 3.63) is 59.9 Å². The summed E-state index contributed by atoms with van der Waals surface area (Å²) in [6.07, 6.45) is 0. The number of amides is 2. The Hall–Kier alpha value is -2.54. The Morgan fingerprint density at radius 1 is 1.19 bits per heavy atom. The molecule has 0 heterocycles. The molecular weight excluding hydrogens is 353 g/mol. The molecule has 2 rings (SSSR count). The van der Waals surface area contributed by atoms with Crippen LogP contribution < -0.4 is 11.1 Å². The summed E-state index contributed by atoms with van der Waals surface area (Å²) in [7, 11) is 1.71. The van der Waals surface area contributed by atoms with Crippen LogP contribution in [-0.4, -0.2) is 36.1 Å². The largest absolute Gasteiger partial charge is 0.375 e. The topological polar surface area (TPSA) is 75.4 Å². The molecule has 0 spiro atoms. The number of likely N-dealkylation sites (N-methyl/N-ethyl adjacent to an activating group) is 1. The zero-order valence-electron chi connectivity index (χ0n) is 14.7. The maximum absolute atomic E-state index is 13.0. The van der Waals surface area contributed by atoms with Gasteiger partial charge in [-0.25, -0.2) is 4.39 Å². The molecule has 0 aromatic heterocycles. The number of carbonyl (C=O) groups excluding carboxylic acids is 2. The Labute approximate surface area is 156 Å². The number of hydrogen-bond acceptors (Lipinski definition) is 4. The first-order valence-corrected chi connectivity index (χ1v) is 9.12. The number of carbonyl (C=O) groups is 2. The number of para-hydroxylation sites is 1. The normalized spacial score (nSPS) is 11.7. The summed E-state index contributed by atoms with van der Waals surface area (Å²) >= 11 is 1.32. The van der Waals surface area contributed by atoms with Crippen molar-refractivity contribution >= 4 is 29.3 Å². The summed E-state index contributed by atoms with van der Waals surface area (Å²) in [4.78, 5) is 25.9. The van der Waals surface area contributed by atoms with Crippen LogP contribution in [0.2, 0.25) is 0 Å². The Balaban J connectivity index is 1.97. The van der Waals surface area contributed by atoms with E-state index in [2.05, 4.69) is 5.32 Å². The van der Waals surface area contributed by atoms with Crippen molar-refractivity contribution in [2.75, 3.05) is 24.7 Å². The Kier molecular flexibility index (Phi) is 7.03. The van der Waals surface area contributed by atoms with Crippen LogP contribution in [0.15, 0.2) is 53.4 Å². The monoisotopic (exact) mass is 375 g/mol. The number of thioether (sulfide) groups is 1. The van der Waals surface area contributed by atoms with Gasteiger partial charge in [-0.2, -0.15) is 0 Å². The van der Waals surface area contributed by atoms with Gasteiger partial charge in [0.05, 0.1) is 18.3 Å². The van der Waals surface area contributed by atoms with Crippen LogP contribution in [0.1, 0.15) is 18.5 Å². The van der Waals surface area contributed by atoms with E-state index in [0.29, 0.717) is 0 Å². The third kappa shape index (κ3) is 5.49. The van der Waals surface area contributed by atoms with Crippen LogP contribution in [0.5, 0.6) is 0 Å². The van der Waals surface area contributed by atoms with E-state index in [1.165, 1.54) is 23.9 Å². The van der Waals surface area contributed by atoms with Gasteiger partial charge in [-0.1, -0.05) is 24.3 Å². The minimum atomic E-state index is -0.395. The number of halogens is 1. The molecular formula is C19H22FN3O2S. The van der Waals surface area contributed by atoms with E-state index in [-0.39, 0.29) is 30.1 Å². The lowest BCUT2D eigenvalue weighted by atomic mass is 10.1. The Morgan fingerprint density at radius 3 is 2.50 bits per heavy atom. The van der Waals surface area contributed by atoms with Crippen LogP contribution in [0.3, 0.4) is 0 Å². The summed E-state index contributed by atoms with van der Waals surface area (Å²) in [6, 6.07) is 13.4. The lowest BCUT2D eigenvalue weighted by molar-refractivity contribution is -0.129. The van der Waals surface area contributed by atoms with Crippen LogP contribution in [0.4, 0.5) is 10.1 Å². The molecule has 1 unspecified atom stereocenters. The van der Waals surface area contributed by atoms with Crippen molar-refractivity contribution in [2.24, 2.45) is 5.73 Å². The van der Waals surface area contributed by atoms with Gasteiger partial charge in [0.2, 0.25) is 11.8 Å². The second-order valence-corrected chi connectivity index (χ2v) is 6.85. The van der Waals surface area contributed by atoms with Crippen molar-refractivity contribution in [1.82, 2.24) is 4.90 Å². The molecule has 0 bridgehead atoms. The van der Waals surface area contributed by atoms with Crippen LogP contribution >= 0.6 is 11.8 Å². The fraction of sp³-hybridized carbons (Fsp3) is 0.263. The highest BCUT2D eigenvalue weighted by Crippen LogP contribution is 2.26. The van der Waals surface area contributed by atoms with E-state index in [4.69, 9.17) is 5.73 Å². The third-order valence-corrected chi connectivity index (χ3v) is 5.11. The summed E-state index contributed by atoms with van der Waals surface area (Å²) < 4.78 is 13.0. The van der Waals surface area contributed by atoms with Gasteiger partial charge < -0.3 is 16.0 Å². The number of rotatable bonds is 8. The average Bonchev–Trinajstić information content (AvgIpc) is 2.64. The second-order valence-electron chi connectivity index (χ2n) is 5.84. The van der Waals surface area contributed by atoms with Gasteiger partial charge in [-0.05, 0) is 36.8 Å². The van der Waals surface area contributed by atoms with E-state index in [0.717, 1.165) is 16.1 Å². The van der Waals surface area contributed by atoms with E-state index in [9.17, 15) is 14.0 Å². The minimum Gasteiger partial charge on any atom is -0.375 e. The SMILES string of the molecule is CC(c1ccc(F)cc1)N(C)C(=O)CNc1ccccc1SCC(N)=O. The zero-order valence-corrected chi connectivity index (χ0v) is 15.6. The van der Waals surface area contributed by atoms with Crippen molar-refractivity contribution in [1.29, 1.82) is 0 Å². The van der Waals surface area contributed by atoms with Crippen molar-refractivity contribution in [3.63, 3.8) is 0 Å². The molecule has 0 aliphatic carbocycles. The molecule has 0 saturated heterocycles. The average molecular weight is 375 g/mol. The second kappa shape index (κ2) is 9.24. The predicted molar refractivity (Wildman–Crippen MR) is 102 cm³/mol. The van der Waals surface area contributed by atoms with E-state index >= 15 is 0 Å². The van der Waals surface area contributed by atoms with Crippen molar-refractivity contribution < 1.29 is 14.0 Å². The molecule has 138 valence electrons. The third-order valence-electron chi connectivity index (χ3n) is 4.01. The van der Waals surface area contributed by atoms with Crippen molar-refractivity contribution in [2.45, 2.75) is 17.9 Å². The highest BCUT2D eigenvalue weighted by Gasteiger charge is 2.17. The van der Waals surface area contributed by atoms with Gasteiger partial charge in [-0.15, -0.1) is 11.8 Å². The summed E-state index contributed by atoms with van der Waals surface area (Å²) in [5.41, 5.74) is 6.82. The Morgan fingerprint density at radius 2 is 1.85 bits per heavy atom. The molecule has 3 N–H and O–H groups in total. The molecule has 2 aromatic rings. The number of primary amides is 1. The zero-order chi connectivity index (χ0) is 19.1. The summed E-state index contributed by atoms with van der Waals surface area (Å²) in [5.74, 6) is -0.624. The first-order valence-electron chi connectivity index (χ1n) is 8.13. The van der Waals surface area contributed by atoms with Crippen molar-refractivity contribution in [3.8, 4) is 0 Å². The van der Waals surface area contributed by atoms with Gasteiger partial charge in [0, 0.05) is 17.6 Å². The molecule has 0 radical (unpaired) electrons. The Bertz CT molecular complexity index is 768. The quantitative estimate of drug-likeness (QED) is 0.696. The molecule has 5 nitrogen and oxygen atoms in total.